The molecule has 1 N–H and O–H groups in total. The van der Waals surface area contributed by atoms with E-state index in [0.717, 1.165) is 25.2 Å². The highest BCUT2D eigenvalue weighted by atomic mass is 127. The van der Waals surface area contributed by atoms with Gasteiger partial charge in [0.15, 0.2) is 0 Å². The Hall–Kier alpha value is -0.300. The van der Waals surface area contributed by atoms with Crippen LogP contribution >= 0.6 is 34.2 Å². The van der Waals surface area contributed by atoms with Crippen LogP contribution in [0.15, 0.2) is 11.1 Å². The lowest BCUT2D eigenvalue weighted by Crippen LogP contribution is -2.42. The van der Waals surface area contributed by atoms with E-state index in [1.807, 2.05) is 22.6 Å². The number of H-pyrrole nitrogens is 1. The predicted molar refractivity (Wildman–Crippen MR) is 73.3 cm³/mol. The Labute approximate surface area is 113 Å². The Morgan fingerprint density at radius 1 is 1.62 bits per heavy atom. The molecule has 1 fully saturated rings. The quantitative estimate of drug-likeness (QED) is 0.653. The van der Waals surface area contributed by atoms with Crippen molar-refractivity contribution in [3.63, 3.8) is 0 Å². The van der Waals surface area contributed by atoms with Gasteiger partial charge in [0.05, 0.1) is 6.33 Å². The zero-order chi connectivity index (χ0) is 11.5. The summed E-state index contributed by atoms with van der Waals surface area (Å²) in [5.74, 6) is 1.36. The van der Waals surface area contributed by atoms with Crippen LogP contribution in [-0.2, 0) is 0 Å². The van der Waals surface area contributed by atoms with Gasteiger partial charge in [0.1, 0.15) is 9.39 Å². The van der Waals surface area contributed by atoms with Gasteiger partial charge >= 0.3 is 0 Å². The molecule has 0 spiro atoms. The molecule has 1 aliphatic rings. The molecule has 0 bridgehead atoms. The topological polar surface area (TPSA) is 49.0 Å². The molecule has 1 atom stereocenters. The molecule has 0 saturated carbocycles. The molecule has 1 aliphatic heterocycles. The maximum Gasteiger partial charge on any atom is 0.266 e. The lowest BCUT2D eigenvalue weighted by Gasteiger charge is -2.35. The maximum atomic E-state index is 11.5. The van der Waals surface area contributed by atoms with E-state index in [-0.39, 0.29) is 5.56 Å². The molecule has 2 rings (SSSR count). The van der Waals surface area contributed by atoms with E-state index in [4.69, 9.17) is 11.6 Å². The largest absolute Gasteiger partial charge is 0.351 e. The third-order valence-electron chi connectivity index (χ3n) is 2.86. The van der Waals surface area contributed by atoms with E-state index in [1.165, 1.54) is 12.7 Å². The lowest BCUT2D eigenvalue weighted by atomic mass is 10.0. The van der Waals surface area contributed by atoms with Crippen molar-refractivity contribution >= 4 is 40.0 Å². The number of aromatic amines is 1. The number of rotatable bonds is 2. The van der Waals surface area contributed by atoms with Crippen LogP contribution in [0.5, 0.6) is 0 Å². The first-order valence-electron chi connectivity index (χ1n) is 5.30. The van der Waals surface area contributed by atoms with Gasteiger partial charge in [0.2, 0.25) is 0 Å². The van der Waals surface area contributed by atoms with Crippen LogP contribution in [0.25, 0.3) is 0 Å². The smallest absolute Gasteiger partial charge is 0.266 e. The van der Waals surface area contributed by atoms with Crippen LogP contribution in [0.1, 0.15) is 19.3 Å². The molecule has 0 radical (unpaired) electrons. The van der Waals surface area contributed by atoms with E-state index < -0.39 is 0 Å². The number of hydrogen-bond donors (Lipinski definition) is 1. The minimum Gasteiger partial charge on any atom is -0.351 e. The van der Waals surface area contributed by atoms with Gasteiger partial charge in [-0.25, -0.2) is 4.98 Å². The summed E-state index contributed by atoms with van der Waals surface area (Å²) >= 11 is 8.00. The number of nitrogens with zero attached hydrogens (tertiary/aromatic N) is 2. The highest BCUT2D eigenvalue weighted by Crippen LogP contribution is 2.25. The molecule has 0 aromatic carbocycles. The zero-order valence-corrected chi connectivity index (χ0v) is 11.7. The second kappa shape index (κ2) is 5.35. The first kappa shape index (κ1) is 12.2. The molecule has 0 aliphatic carbocycles. The molecule has 6 heteroatoms. The van der Waals surface area contributed by atoms with Crippen molar-refractivity contribution in [3.8, 4) is 0 Å². The Kier molecular flexibility index (Phi) is 4.07. The van der Waals surface area contributed by atoms with Gasteiger partial charge in [-0.3, -0.25) is 4.79 Å². The van der Waals surface area contributed by atoms with Gasteiger partial charge < -0.3 is 9.88 Å². The average molecular weight is 354 g/mol. The van der Waals surface area contributed by atoms with Crippen LogP contribution in [0.3, 0.4) is 0 Å². The van der Waals surface area contributed by atoms with Crippen molar-refractivity contribution in [3.05, 3.63) is 20.3 Å². The van der Waals surface area contributed by atoms with Crippen molar-refractivity contribution < 1.29 is 0 Å². The van der Waals surface area contributed by atoms with Crippen LogP contribution in [-0.4, -0.2) is 28.4 Å². The minimum absolute atomic E-state index is 0.0792. The lowest BCUT2D eigenvalue weighted by molar-refractivity contribution is 0.483. The summed E-state index contributed by atoms with van der Waals surface area (Å²) < 4.78 is 0.650. The fourth-order valence-corrected chi connectivity index (χ4v) is 2.94. The van der Waals surface area contributed by atoms with Gasteiger partial charge in [-0.15, -0.1) is 11.6 Å². The Morgan fingerprint density at radius 3 is 3.19 bits per heavy atom. The fraction of sp³-hybridized carbons (Fsp3) is 0.600. The Balaban J connectivity index is 2.34. The van der Waals surface area contributed by atoms with Crippen molar-refractivity contribution in [1.29, 1.82) is 0 Å². The third-order valence-corrected chi connectivity index (χ3v) is 4.18. The van der Waals surface area contributed by atoms with Gasteiger partial charge in [-0.05, 0) is 41.9 Å². The molecule has 88 valence electrons. The Bertz CT molecular complexity index is 423. The number of hydrogen-bond acceptors (Lipinski definition) is 3. The van der Waals surface area contributed by atoms with Crippen molar-refractivity contribution in [2.45, 2.75) is 25.3 Å². The van der Waals surface area contributed by atoms with E-state index in [1.54, 1.807) is 0 Å². The minimum atomic E-state index is -0.0792. The van der Waals surface area contributed by atoms with Crippen molar-refractivity contribution in [1.82, 2.24) is 9.97 Å². The highest BCUT2D eigenvalue weighted by Gasteiger charge is 2.24. The summed E-state index contributed by atoms with van der Waals surface area (Å²) in [5.41, 5.74) is -0.0792. The standard InChI is InChI=1S/C10H13ClIN3O/c11-5-7-3-1-2-4-15(7)9-8(12)10(16)14-6-13-9/h6-7H,1-5H2,(H,13,14,16). The molecule has 4 nitrogen and oxygen atoms in total. The maximum absolute atomic E-state index is 11.5. The van der Waals surface area contributed by atoms with Crippen LogP contribution in [0.2, 0.25) is 0 Å². The highest BCUT2D eigenvalue weighted by molar-refractivity contribution is 14.1. The van der Waals surface area contributed by atoms with Crippen molar-refractivity contribution in [2.24, 2.45) is 0 Å². The summed E-state index contributed by atoms with van der Waals surface area (Å²) in [4.78, 5) is 20.5. The molecular weight excluding hydrogens is 340 g/mol. The van der Waals surface area contributed by atoms with Crippen LogP contribution < -0.4 is 10.5 Å². The Morgan fingerprint density at radius 2 is 2.44 bits per heavy atom. The number of alkyl halides is 1. The number of piperidine rings is 1. The first-order valence-corrected chi connectivity index (χ1v) is 6.91. The molecule has 1 aromatic heterocycles. The molecule has 1 unspecified atom stereocenters. The van der Waals surface area contributed by atoms with Gasteiger partial charge in [-0.2, -0.15) is 0 Å². The van der Waals surface area contributed by atoms with Gasteiger partial charge in [0, 0.05) is 18.5 Å². The normalized spacial score (nSPS) is 21.1. The van der Waals surface area contributed by atoms with Crippen LogP contribution in [0.4, 0.5) is 5.82 Å². The third kappa shape index (κ3) is 2.34. The van der Waals surface area contributed by atoms with E-state index in [9.17, 15) is 4.79 Å². The summed E-state index contributed by atoms with van der Waals surface area (Å²) in [5, 5.41) is 0. The summed E-state index contributed by atoms with van der Waals surface area (Å²) in [7, 11) is 0. The number of nitrogens with one attached hydrogen (secondary N) is 1. The first-order chi connectivity index (χ1) is 7.74. The molecule has 2 heterocycles. The molecule has 16 heavy (non-hydrogen) atoms. The van der Waals surface area contributed by atoms with Gasteiger partial charge in [0.25, 0.3) is 5.56 Å². The summed E-state index contributed by atoms with van der Waals surface area (Å²) in [6.45, 7) is 0.934. The average Bonchev–Trinajstić information content (AvgIpc) is 2.33. The molecular formula is C10H13ClIN3O. The number of halogens is 2. The number of aromatic nitrogens is 2. The number of anilines is 1. The van der Waals surface area contributed by atoms with E-state index in [0.29, 0.717) is 15.5 Å². The van der Waals surface area contributed by atoms with E-state index >= 15 is 0 Å². The van der Waals surface area contributed by atoms with Gasteiger partial charge in [-0.1, -0.05) is 0 Å². The molecule has 1 saturated heterocycles. The molecule has 0 amide bonds. The zero-order valence-electron chi connectivity index (χ0n) is 8.75. The molecule has 1 aromatic rings. The fourth-order valence-electron chi connectivity index (χ4n) is 2.01. The summed E-state index contributed by atoms with van der Waals surface area (Å²) in [6, 6.07) is 0.304. The second-order valence-electron chi connectivity index (χ2n) is 3.87. The predicted octanol–water partition coefficient (Wildman–Crippen LogP) is 1.97. The van der Waals surface area contributed by atoms with E-state index in [2.05, 4.69) is 14.9 Å². The summed E-state index contributed by atoms with van der Waals surface area (Å²) in [6.07, 6.45) is 4.87. The second-order valence-corrected chi connectivity index (χ2v) is 5.25. The monoisotopic (exact) mass is 353 g/mol. The van der Waals surface area contributed by atoms with Crippen LogP contribution in [0, 0.1) is 3.57 Å². The SMILES string of the molecule is O=c1[nH]cnc(N2CCCCC2CCl)c1I. The van der Waals surface area contributed by atoms with Crippen molar-refractivity contribution in [2.75, 3.05) is 17.3 Å².